The van der Waals surface area contributed by atoms with Crippen LogP contribution in [0.5, 0.6) is 0 Å². The maximum Gasteiger partial charge on any atom is 0.294 e. The van der Waals surface area contributed by atoms with Gasteiger partial charge in [-0.05, 0) is 19.1 Å². The van der Waals surface area contributed by atoms with Crippen molar-refractivity contribution in [3.8, 4) is 5.69 Å². The lowest BCUT2D eigenvalue weighted by molar-refractivity contribution is 0.176. The molecule has 0 atom stereocenters. The Hall–Kier alpha value is -1.72. The van der Waals surface area contributed by atoms with Crippen LogP contribution in [0.1, 0.15) is 12.6 Å². The third-order valence-corrected chi connectivity index (χ3v) is 3.27. The van der Waals surface area contributed by atoms with E-state index in [1.54, 1.807) is 23.9 Å². The number of nitrogens with two attached hydrogens (primary N) is 1. The average Bonchev–Trinajstić information content (AvgIpc) is 2.64. The minimum absolute atomic E-state index is 0.198. The van der Waals surface area contributed by atoms with Crippen molar-refractivity contribution >= 4 is 17.3 Å². The van der Waals surface area contributed by atoms with Crippen molar-refractivity contribution in [2.45, 2.75) is 20.1 Å². The van der Waals surface area contributed by atoms with E-state index in [0.717, 1.165) is 0 Å². The van der Waals surface area contributed by atoms with E-state index >= 15 is 0 Å². The van der Waals surface area contributed by atoms with Crippen molar-refractivity contribution in [1.29, 1.82) is 0 Å². The van der Waals surface area contributed by atoms with Crippen LogP contribution in [0.2, 0.25) is 5.02 Å². The first-order valence-electron chi connectivity index (χ1n) is 5.95. The quantitative estimate of drug-likeness (QED) is 0.933. The molecule has 0 aliphatic rings. The van der Waals surface area contributed by atoms with E-state index in [2.05, 4.69) is 0 Å². The normalized spacial score (nSPS) is 10.9. The summed E-state index contributed by atoms with van der Waals surface area (Å²) in [7, 11) is 1.57. The first kappa shape index (κ1) is 13.7. The van der Waals surface area contributed by atoms with Crippen LogP contribution in [0.4, 0.5) is 5.69 Å². The highest BCUT2D eigenvalue weighted by Crippen LogP contribution is 2.21. The molecule has 1 aromatic carbocycles. The molecule has 19 heavy (non-hydrogen) atoms. The SMILES string of the molecule is CCn1c(COC)c(N)c(=O)n1-c1ccccc1Cl. The van der Waals surface area contributed by atoms with Gasteiger partial charge in [0.2, 0.25) is 0 Å². The van der Waals surface area contributed by atoms with E-state index in [9.17, 15) is 4.79 Å². The summed E-state index contributed by atoms with van der Waals surface area (Å²) in [6.07, 6.45) is 0. The summed E-state index contributed by atoms with van der Waals surface area (Å²) in [6.45, 7) is 2.81. The molecule has 0 saturated carbocycles. The second kappa shape index (κ2) is 5.50. The predicted octanol–water partition coefficient (Wildman–Crippen LogP) is 2.04. The number of hydrogen-bond acceptors (Lipinski definition) is 3. The molecule has 2 rings (SSSR count). The van der Waals surface area contributed by atoms with Crippen molar-refractivity contribution in [2.24, 2.45) is 0 Å². The van der Waals surface area contributed by atoms with Gasteiger partial charge in [-0.2, -0.15) is 0 Å². The minimum Gasteiger partial charge on any atom is -0.393 e. The number of ether oxygens (including phenoxy) is 1. The molecule has 6 heteroatoms. The fraction of sp³-hybridized carbons (Fsp3) is 0.308. The maximum absolute atomic E-state index is 12.3. The fourth-order valence-electron chi connectivity index (χ4n) is 2.09. The van der Waals surface area contributed by atoms with Crippen molar-refractivity contribution in [3.63, 3.8) is 0 Å². The minimum atomic E-state index is -0.276. The molecular formula is C13H16ClN3O2. The number of benzene rings is 1. The van der Waals surface area contributed by atoms with E-state index in [-0.39, 0.29) is 17.9 Å². The molecule has 0 aliphatic heterocycles. The molecule has 0 radical (unpaired) electrons. The van der Waals surface area contributed by atoms with Gasteiger partial charge in [0.15, 0.2) is 0 Å². The smallest absolute Gasteiger partial charge is 0.294 e. The van der Waals surface area contributed by atoms with Gasteiger partial charge in [0.25, 0.3) is 5.56 Å². The van der Waals surface area contributed by atoms with Gasteiger partial charge in [0, 0.05) is 13.7 Å². The number of anilines is 1. The Morgan fingerprint density at radius 1 is 1.37 bits per heavy atom. The van der Waals surface area contributed by atoms with Crippen LogP contribution >= 0.6 is 11.6 Å². The largest absolute Gasteiger partial charge is 0.393 e. The number of aromatic nitrogens is 2. The number of rotatable bonds is 4. The fourth-order valence-corrected chi connectivity index (χ4v) is 2.31. The summed E-state index contributed by atoms with van der Waals surface area (Å²) >= 11 is 6.15. The molecular weight excluding hydrogens is 266 g/mol. The highest BCUT2D eigenvalue weighted by atomic mass is 35.5. The Morgan fingerprint density at radius 2 is 2.05 bits per heavy atom. The molecule has 5 nitrogen and oxygen atoms in total. The summed E-state index contributed by atoms with van der Waals surface area (Å²) < 4.78 is 8.37. The average molecular weight is 282 g/mol. The molecule has 0 spiro atoms. The van der Waals surface area contributed by atoms with Crippen LogP contribution in [-0.4, -0.2) is 16.5 Å². The van der Waals surface area contributed by atoms with E-state index in [1.807, 2.05) is 19.1 Å². The van der Waals surface area contributed by atoms with Crippen LogP contribution in [0.3, 0.4) is 0 Å². The number of nitrogens with zero attached hydrogens (tertiary/aromatic N) is 2. The Morgan fingerprint density at radius 3 is 2.63 bits per heavy atom. The monoisotopic (exact) mass is 281 g/mol. The molecule has 1 heterocycles. The number of nitrogen functional groups attached to an aromatic ring is 1. The van der Waals surface area contributed by atoms with Crippen LogP contribution in [0.15, 0.2) is 29.1 Å². The van der Waals surface area contributed by atoms with Gasteiger partial charge in [-0.15, -0.1) is 0 Å². The second-order valence-corrected chi connectivity index (χ2v) is 4.48. The van der Waals surface area contributed by atoms with Gasteiger partial charge < -0.3 is 10.5 Å². The van der Waals surface area contributed by atoms with E-state index in [1.165, 1.54) is 4.68 Å². The lowest BCUT2D eigenvalue weighted by Crippen LogP contribution is -2.22. The molecule has 2 aromatic rings. The highest BCUT2D eigenvalue weighted by molar-refractivity contribution is 6.32. The Kier molecular flexibility index (Phi) is 3.97. The molecule has 102 valence electrons. The van der Waals surface area contributed by atoms with E-state index in [0.29, 0.717) is 22.9 Å². The highest BCUT2D eigenvalue weighted by Gasteiger charge is 2.18. The van der Waals surface area contributed by atoms with Crippen LogP contribution in [0, 0.1) is 0 Å². The predicted molar refractivity (Wildman–Crippen MR) is 75.8 cm³/mol. The molecule has 1 aromatic heterocycles. The molecule has 0 amide bonds. The number of para-hydroxylation sites is 1. The van der Waals surface area contributed by atoms with Gasteiger partial charge in [0.05, 0.1) is 23.0 Å². The zero-order valence-electron chi connectivity index (χ0n) is 10.9. The zero-order valence-corrected chi connectivity index (χ0v) is 11.6. The van der Waals surface area contributed by atoms with E-state index < -0.39 is 0 Å². The molecule has 0 aliphatic carbocycles. The summed E-state index contributed by atoms with van der Waals surface area (Å²) in [5.74, 6) is 0. The molecule has 0 fully saturated rings. The van der Waals surface area contributed by atoms with Crippen molar-refractivity contribution in [2.75, 3.05) is 12.8 Å². The van der Waals surface area contributed by atoms with Crippen molar-refractivity contribution in [3.05, 3.63) is 45.3 Å². The Bertz CT molecular complexity index is 646. The Balaban J connectivity index is 2.74. The molecule has 0 saturated heterocycles. The Labute approximate surface area is 116 Å². The lowest BCUT2D eigenvalue weighted by atomic mass is 10.3. The topological polar surface area (TPSA) is 62.2 Å². The van der Waals surface area contributed by atoms with Gasteiger partial charge in [-0.25, -0.2) is 4.68 Å². The van der Waals surface area contributed by atoms with Gasteiger partial charge in [-0.3, -0.25) is 9.48 Å². The van der Waals surface area contributed by atoms with Gasteiger partial charge >= 0.3 is 0 Å². The first-order chi connectivity index (χ1) is 9.11. The van der Waals surface area contributed by atoms with Crippen LogP contribution < -0.4 is 11.3 Å². The number of hydrogen-bond donors (Lipinski definition) is 1. The van der Waals surface area contributed by atoms with Crippen LogP contribution in [-0.2, 0) is 17.9 Å². The van der Waals surface area contributed by atoms with Crippen molar-refractivity contribution in [1.82, 2.24) is 9.36 Å². The number of halogens is 1. The maximum atomic E-state index is 12.3. The summed E-state index contributed by atoms with van der Waals surface area (Å²) in [5, 5.41) is 0.501. The van der Waals surface area contributed by atoms with Crippen molar-refractivity contribution < 1.29 is 4.74 Å². The van der Waals surface area contributed by atoms with Crippen LogP contribution in [0.25, 0.3) is 5.69 Å². The second-order valence-electron chi connectivity index (χ2n) is 4.08. The van der Waals surface area contributed by atoms with Gasteiger partial charge in [-0.1, -0.05) is 23.7 Å². The summed E-state index contributed by atoms with van der Waals surface area (Å²) in [6, 6.07) is 7.16. The zero-order chi connectivity index (χ0) is 14.0. The van der Waals surface area contributed by atoms with E-state index in [4.69, 9.17) is 22.1 Å². The van der Waals surface area contributed by atoms with Gasteiger partial charge in [0.1, 0.15) is 5.69 Å². The molecule has 0 bridgehead atoms. The first-order valence-corrected chi connectivity index (χ1v) is 6.33. The third-order valence-electron chi connectivity index (χ3n) is 2.95. The number of methoxy groups -OCH3 is 1. The summed E-state index contributed by atoms with van der Waals surface area (Å²) in [4.78, 5) is 12.3. The lowest BCUT2D eigenvalue weighted by Gasteiger charge is -2.13. The third kappa shape index (κ3) is 2.27. The molecule has 2 N–H and O–H groups in total. The standard InChI is InChI=1S/C13H16ClN3O2/c1-3-16-11(8-19-2)12(15)13(18)17(16)10-7-5-4-6-9(10)14/h4-7H,3,8,15H2,1-2H3. The molecule has 0 unspecified atom stereocenters. The summed E-state index contributed by atoms with van der Waals surface area (Å²) in [5.41, 5.74) is 7.08.